The summed E-state index contributed by atoms with van der Waals surface area (Å²) in [6.45, 7) is 2.07. The minimum atomic E-state index is -0.212. The molecule has 1 heterocycles. The SMILES string of the molecule is Cc1ccc([C@@H]2C[C@H](c3ccc(F)cc3)SC(N)=N2)cc1. The number of amidine groups is 1. The number of benzene rings is 2. The Bertz CT molecular complexity index is 649. The molecule has 1 aliphatic rings. The van der Waals surface area contributed by atoms with Gasteiger partial charge in [-0.3, -0.25) is 4.99 Å². The number of thioether (sulfide) groups is 1. The second kappa shape index (κ2) is 5.90. The fraction of sp³-hybridized carbons (Fsp3) is 0.235. The van der Waals surface area contributed by atoms with Crippen LogP contribution in [0.2, 0.25) is 0 Å². The number of hydrogen-bond acceptors (Lipinski definition) is 3. The number of nitrogens with two attached hydrogens (primary N) is 1. The first-order valence-electron chi connectivity index (χ1n) is 6.94. The van der Waals surface area contributed by atoms with Gasteiger partial charge < -0.3 is 5.73 Å². The predicted molar refractivity (Wildman–Crippen MR) is 86.9 cm³/mol. The molecule has 0 radical (unpaired) electrons. The maximum Gasteiger partial charge on any atom is 0.155 e. The summed E-state index contributed by atoms with van der Waals surface area (Å²) in [5.41, 5.74) is 9.49. The molecule has 2 N–H and O–H groups in total. The summed E-state index contributed by atoms with van der Waals surface area (Å²) in [7, 11) is 0. The molecule has 0 amide bonds. The number of rotatable bonds is 2. The standard InChI is InChI=1S/C17H17FN2S/c1-11-2-4-12(5-3-11)15-10-16(21-17(19)20-15)13-6-8-14(18)9-7-13/h2-9,15-16H,10H2,1H3,(H2,19,20)/t15-,16+/m0/s1. The summed E-state index contributed by atoms with van der Waals surface area (Å²) >= 11 is 1.55. The molecule has 2 aromatic rings. The van der Waals surface area contributed by atoms with E-state index in [4.69, 9.17) is 5.73 Å². The van der Waals surface area contributed by atoms with Gasteiger partial charge in [0.05, 0.1) is 6.04 Å². The van der Waals surface area contributed by atoms with Gasteiger partial charge in [0.25, 0.3) is 0 Å². The van der Waals surface area contributed by atoms with E-state index in [0.29, 0.717) is 5.17 Å². The fourth-order valence-corrected chi connectivity index (χ4v) is 3.57. The zero-order valence-corrected chi connectivity index (χ0v) is 12.6. The number of hydrogen-bond donors (Lipinski definition) is 1. The van der Waals surface area contributed by atoms with Crippen LogP contribution >= 0.6 is 11.8 Å². The second-order valence-electron chi connectivity index (χ2n) is 5.29. The lowest BCUT2D eigenvalue weighted by Gasteiger charge is -2.26. The van der Waals surface area contributed by atoms with Crippen LogP contribution in [0.5, 0.6) is 0 Å². The molecule has 21 heavy (non-hydrogen) atoms. The third-order valence-corrected chi connectivity index (χ3v) is 4.78. The van der Waals surface area contributed by atoms with Crippen molar-refractivity contribution in [1.82, 2.24) is 0 Å². The van der Waals surface area contributed by atoms with E-state index in [1.807, 2.05) is 12.1 Å². The summed E-state index contributed by atoms with van der Waals surface area (Å²) in [5, 5.41) is 0.815. The van der Waals surface area contributed by atoms with Crippen molar-refractivity contribution in [2.24, 2.45) is 10.7 Å². The van der Waals surface area contributed by atoms with Crippen molar-refractivity contribution in [2.75, 3.05) is 0 Å². The highest BCUT2D eigenvalue weighted by molar-refractivity contribution is 8.14. The third kappa shape index (κ3) is 3.27. The topological polar surface area (TPSA) is 38.4 Å². The molecule has 0 bridgehead atoms. The maximum atomic E-state index is 13.1. The van der Waals surface area contributed by atoms with E-state index in [1.54, 1.807) is 11.8 Å². The lowest BCUT2D eigenvalue weighted by molar-refractivity contribution is 0.621. The van der Waals surface area contributed by atoms with Crippen LogP contribution in [-0.2, 0) is 0 Å². The quantitative estimate of drug-likeness (QED) is 0.894. The fourth-order valence-electron chi connectivity index (χ4n) is 2.51. The molecule has 0 fully saturated rings. The van der Waals surface area contributed by atoms with Gasteiger partial charge in [0.1, 0.15) is 5.82 Å². The molecule has 0 unspecified atom stereocenters. The highest BCUT2D eigenvalue weighted by Gasteiger charge is 2.25. The molecule has 2 atom stereocenters. The average molecular weight is 300 g/mol. The first-order chi connectivity index (χ1) is 10.1. The first-order valence-corrected chi connectivity index (χ1v) is 7.82. The molecule has 4 heteroatoms. The molecule has 2 nitrogen and oxygen atoms in total. The molecular weight excluding hydrogens is 283 g/mol. The number of aliphatic imine (C=N–C) groups is 1. The van der Waals surface area contributed by atoms with Gasteiger partial charge in [-0.15, -0.1) is 0 Å². The Labute approximate surface area is 128 Å². The molecule has 0 saturated heterocycles. The van der Waals surface area contributed by atoms with Crippen LogP contribution in [0.1, 0.15) is 34.4 Å². The summed E-state index contributed by atoms with van der Waals surface area (Å²) in [5.74, 6) is -0.212. The average Bonchev–Trinajstić information content (AvgIpc) is 2.48. The molecule has 0 spiro atoms. The van der Waals surface area contributed by atoms with Crippen molar-refractivity contribution in [1.29, 1.82) is 0 Å². The smallest absolute Gasteiger partial charge is 0.155 e. The van der Waals surface area contributed by atoms with E-state index < -0.39 is 0 Å². The van der Waals surface area contributed by atoms with Crippen molar-refractivity contribution in [2.45, 2.75) is 24.6 Å². The van der Waals surface area contributed by atoms with Crippen LogP contribution in [0, 0.1) is 12.7 Å². The first kappa shape index (κ1) is 14.1. The van der Waals surface area contributed by atoms with Crippen molar-refractivity contribution < 1.29 is 4.39 Å². The summed E-state index contributed by atoms with van der Waals surface area (Å²) < 4.78 is 13.1. The van der Waals surface area contributed by atoms with Crippen LogP contribution in [-0.4, -0.2) is 5.17 Å². The van der Waals surface area contributed by atoms with E-state index in [1.165, 1.54) is 23.3 Å². The molecule has 0 aliphatic carbocycles. The van der Waals surface area contributed by atoms with Crippen LogP contribution in [0.25, 0.3) is 0 Å². The van der Waals surface area contributed by atoms with Crippen LogP contribution in [0.15, 0.2) is 53.5 Å². The zero-order chi connectivity index (χ0) is 14.8. The van der Waals surface area contributed by atoms with Crippen molar-refractivity contribution in [3.63, 3.8) is 0 Å². The summed E-state index contributed by atoms with van der Waals surface area (Å²) in [6, 6.07) is 15.1. The number of nitrogens with zero attached hydrogens (tertiary/aromatic N) is 1. The van der Waals surface area contributed by atoms with Crippen molar-refractivity contribution >= 4 is 16.9 Å². The molecule has 3 rings (SSSR count). The van der Waals surface area contributed by atoms with E-state index in [-0.39, 0.29) is 17.1 Å². The molecular formula is C17H17FN2S. The van der Waals surface area contributed by atoms with Crippen LogP contribution in [0.3, 0.4) is 0 Å². The van der Waals surface area contributed by atoms with Gasteiger partial charge >= 0.3 is 0 Å². The lowest BCUT2D eigenvalue weighted by atomic mass is 9.98. The highest BCUT2D eigenvalue weighted by atomic mass is 32.2. The second-order valence-corrected chi connectivity index (χ2v) is 6.51. The Balaban J connectivity index is 1.85. The molecule has 0 saturated carbocycles. The van der Waals surface area contributed by atoms with Gasteiger partial charge in [0.2, 0.25) is 0 Å². The van der Waals surface area contributed by atoms with E-state index >= 15 is 0 Å². The lowest BCUT2D eigenvalue weighted by Crippen LogP contribution is -2.18. The van der Waals surface area contributed by atoms with Gasteiger partial charge in [-0.05, 0) is 36.6 Å². The van der Waals surface area contributed by atoms with Crippen molar-refractivity contribution in [3.05, 3.63) is 71.0 Å². The zero-order valence-electron chi connectivity index (χ0n) is 11.8. The Morgan fingerprint density at radius 3 is 2.33 bits per heavy atom. The summed E-state index contributed by atoms with van der Waals surface area (Å²) in [4.78, 5) is 4.56. The van der Waals surface area contributed by atoms with E-state index in [0.717, 1.165) is 12.0 Å². The molecule has 0 aromatic heterocycles. The Kier molecular flexibility index (Phi) is 3.97. The minimum absolute atomic E-state index is 0.0712. The number of aryl methyl sites for hydroxylation is 1. The van der Waals surface area contributed by atoms with Gasteiger partial charge in [0.15, 0.2) is 5.17 Å². The van der Waals surface area contributed by atoms with Crippen molar-refractivity contribution in [3.8, 4) is 0 Å². The molecule has 108 valence electrons. The van der Waals surface area contributed by atoms with E-state index in [9.17, 15) is 4.39 Å². The summed E-state index contributed by atoms with van der Waals surface area (Å²) in [6.07, 6.45) is 0.875. The Morgan fingerprint density at radius 1 is 1.05 bits per heavy atom. The van der Waals surface area contributed by atoms with Crippen LogP contribution < -0.4 is 5.73 Å². The minimum Gasteiger partial charge on any atom is -0.379 e. The van der Waals surface area contributed by atoms with Crippen LogP contribution in [0.4, 0.5) is 4.39 Å². The Hall–Kier alpha value is -1.81. The van der Waals surface area contributed by atoms with Gasteiger partial charge in [-0.2, -0.15) is 0 Å². The maximum absolute atomic E-state index is 13.1. The van der Waals surface area contributed by atoms with Gasteiger partial charge in [0, 0.05) is 5.25 Å². The highest BCUT2D eigenvalue weighted by Crippen LogP contribution is 2.42. The normalized spacial score (nSPS) is 21.9. The van der Waals surface area contributed by atoms with Gasteiger partial charge in [-0.1, -0.05) is 53.7 Å². The van der Waals surface area contributed by atoms with Gasteiger partial charge in [-0.25, -0.2) is 4.39 Å². The largest absolute Gasteiger partial charge is 0.379 e. The Morgan fingerprint density at radius 2 is 1.67 bits per heavy atom. The number of halogens is 1. The van der Waals surface area contributed by atoms with E-state index in [2.05, 4.69) is 36.2 Å². The molecule has 1 aliphatic heterocycles. The molecule has 2 aromatic carbocycles. The third-order valence-electron chi connectivity index (χ3n) is 3.69. The monoisotopic (exact) mass is 300 g/mol. The predicted octanol–water partition coefficient (Wildman–Crippen LogP) is 4.37.